The van der Waals surface area contributed by atoms with Crippen LogP contribution < -0.4 is 5.32 Å². The molecule has 1 aliphatic carbocycles. The monoisotopic (exact) mass is 312 g/mol. The van der Waals surface area contributed by atoms with Crippen LogP contribution in [0.4, 0.5) is 0 Å². The number of piperazine rings is 1. The van der Waals surface area contributed by atoms with E-state index in [1.165, 1.54) is 5.54 Å². The van der Waals surface area contributed by atoms with Gasteiger partial charge in [-0.1, -0.05) is 44.7 Å². The number of carbonyl (C=O) groups is 2. The van der Waals surface area contributed by atoms with E-state index in [0.29, 0.717) is 6.54 Å². The van der Waals surface area contributed by atoms with E-state index in [1.54, 1.807) is 4.90 Å². The fourth-order valence-corrected chi connectivity index (χ4v) is 3.51. The Hall–Kier alpha value is -1.03. The summed E-state index contributed by atoms with van der Waals surface area (Å²) in [6.07, 6.45) is 4.63. The van der Waals surface area contributed by atoms with Crippen LogP contribution in [0.5, 0.6) is 0 Å². The van der Waals surface area contributed by atoms with Gasteiger partial charge in [0.05, 0.1) is 0 Å². The number of rotatable bonds is 3. The van der Waals surface area contributed by atoms with Crippen molar-refractivity contribution >= 4 is 23.4 Å². The highest BCUT2D eigenvalue weighted by Crippen LogP contribution is 2.37. The largest absolute Gasteiger partial charge is 0.342 e. The van der Waals surface area contributed by atoms with Gasteiger partial charge in [-0.15, -0.1) is 0 Å². The highest BCUT2D eigenvalue weighted by atomic mass is 35.5. The van der Waals surface area contributed by atoms with Crippen molar-refractivity contribution in [3.05, 3.63) is 11.1 Å². The molecule has 1 atom stereocenters. The topological polar surface area (TPSA) is 49.4 Å². The molecule has 0 radical (unpaired) electrons. The van der Waals surface area contributed by atoms with E-state index in [2.05, 4.69) is 5.32 Å². The second-order valence-electron chi connectivity index (χ2n) is 6.67. The van der Waals surface area contributed by atoms with E-state index in [1.807, 2.05) is 20.8 Å². The third-order valence-corrected chi connectivity index (χ3v) is 5.07. The minimum atomic E-state index is -0.665. The highest BCUT2D eigenvalue weighted by Gasteiger charge is 2.52. The van der Waals surface area contributed by atoms with Crippen LogP contribution in [0.25, 0.3) is 0 Å². The molecule has 2 aliphatic rings. The molecule has 0 bridgehead atoms. The number of carbonyl (C=O) groups excluding carboxylic acids is 2. The molecule has 1 unspecified atom stereocenters. The van der Waals surface area contributed by atoms with Gasteiger partial charge >= 0.3 is 0 Å². The van der Waals surface area contributed by atoms with Gasteiger partial charge in [-0.2, -0.15) is 0 Å². The number of nitrogens with zero attached hydrogens (tertiary/aromatic N) is 1. The van der Waals surface area contributed by atoms with Crippen LogP contribution in [0.3, 0.4) is 0 Å². The van der Waals surface area contributed by atoms with Crippen LogP contribution in [0.1, 0.15) is 52.9 Å². The Bertz CT molecular complexity index is 453. The van der Waals surface area contributed by atoms with Crippen molar-refractivity contribution in [2.24, 2.45) is 5.92 Å². The average molecular weight is 313 g/mol. The molecule has 0 aromatic heterocycles. The minimum absolute atomic E-state index is 0.0165. The molecule has 1 saturated carbocycles. The van der Waals surface area contributed by atoms with Crippen molar-refractivity contribution in [2.75, 3.05) is 6.54 Å². The second-order valence-corrected chi connectivity index (χ2v) is 6.89. The lowest BCUT2D eigenvalue weighted by Crippen LogP contribution is -2.72. The molecule has 2 fully saturated rings. The third-order valence-electron chi connectivity index (χ3n) is 4.70. The van der Waals surface area contributed by atoms with Crippen LogP contribution in [0.15, 0.2) is 11.1 Å². The predicted molar refractivity (Wildman–Crippen MR) is 83.9 cm³/mol. The van der Waals surface area contributed by atoms with Gasteiger partial charge in [-0.25, -0.2) is 0 Å². The van der Waals surface area contributed by atoms with Gasteiger partial charge in [0.2, 0.25) is 11.8 Å². The van der Waals surface area contributed by atoms with Gasteiger partial charge < -0.3 is 10.2 Å². The molecule has 1 N–H and O–H groups in total. The number of hydrogen-bond donors (Lipinski definition) is 1. The van der Waals surface area contributed by atoms with E-state index < -0.39 is 11.6 Å². The first-order valence-corrected chi connectivity index (χ1v) is 8.24. The molecule has 4 nitrogen and oxygen atoms in total. The van der Waals surface area contributed by atoms with Gasteiger partial charge in [0, 0.05) is 12.1 Å². The molecular formula is C16H25ClN2O2. The lowest BCUT2D eigenvalue weighted by Gasteiger charge is -2.50. The first kappa shape index (κ1) is 16.3. The zero-order valence-corrected chi connectivity index (χ0v) is 13.9. The lowest BCUT2D eigenvalue weighted by molar-refractivity contribution is -0.160. The van der Waals surface area contributed by atoms with Crippen LogP contribution in [0, 0.1) is 5.92 Å². The minimum Gasteiger partial charge on any atom is -0.342 e. The Balaban J connectivity index is 2.37. The summed E-state index contributed by atoms with van der Waals surface area (Å²) in [7, 11) is 0. The fraction of sp³-hybridized carbons (Fsp3) is 0.750. The molecule has 2 rings (SSSR count). The van der Waals surface area contributed by atoms with E-state index in [4.69, 9.17) is 11.6 Å². The number of hydrogen-bond acceptors (Lipinski definition) is 2. The zero-order valence-electron chi connectivity index (χ0n) is 13.1. The fourth-order valence-electron chi connectivity index (χ4n) is 3.44. The molecule has 1 aliphatic heterocycles. The maximum atomic E-state index is 12.9. The van der Waals surface area contributed by atoms with Crippen molar-refractivity contribution in [2.45, 2.75) is 64.5 Å². The molecule has 1 saturated heterocycles. The van der Waals surface area contributed by atoms with E-state index >= 15 is 0 Å². The molecule has 0 aromatic carbocycles. The van der Waals surface area contributed by atoms with Crippen molar-refractivity contribution in [1.82, 2.24) is 10.2 Å². The molecule has 21 heavy (non-hydrogen) atoms. The summed E-state index contributed by atoms with van der Waals surface area (Å²) < 4.78 is 0. The van der Waals surface area contributed by atoms with Crippen LogP contribution in [-0.2, 0) is 9.59 Å². The summed E-state index contributed by atoms with van der Waals surface area (Å²) in [5, 5.41) is 2.96. The smallest absolute Gasteiger partial charge is 0.246 e. The zero-order chi connectivity index (χ0) is 15.6. The molecule has 118 valence electrons. The summed E-state index contributed by atoms with van der Waals surface area (Å²) in [6, 6.07) is -0.423. The van der Waals surface area contributed by atoms with Crippen LogP contribution in [0.2, 0.25) is 0 Å². The van der Waals surface area contributed by atoms with E-state index in [0.717, 1.165) is 37.7 Å². The number of amides is 2. The molecule has 2 amide bonds. The van der Waals surface area contributed by atoms with Gasteiger partial charge in [0.25, 0.3) is 0 Å². The van der Waals surface area contributed by atoms with Crippen molar-refractivity contribution in [3.8, 4) is 0 Å². The van der Waals surface area contributed by atoms with Crippen molar-refractivity contribution in [3.63, 3.8) is 0 Å². The summed E-state index contributed by atoms with van der Waals surface area (Å²) >= 11 is 5.78. The lowest BCUT2D eigenvalue weighted by atomic mass is 9.76. The Morgan fingerprint density at radius 2 is 2.00 bits per heavy atom. The average Bonchev–Trinajstić information content (AvgIpc) is 2.48. The SMILES string of the molecule is CC(=CCl)CN1C(=O)C(C(C)C)NC(=O)C12CCCCC2. The first-order valence-electron chi connectivity index (χ1n) is 7.80. The number of nitrogens with one attached hydrogen (secondary N) is 1. The van der Waals surface area contributed by atoms with Gasteiger partial charge in [-0.05, 0) is 31.3 Å². The Morgan fingerprint density at radius 1 is 1.38 bits per heavy atom. The van der Waals surface area contributed by atoms with Gasteiger partial charge in [0.1, 0.15) is 11.6 Å². The van der Waals surface area contributed by atoms with Crippen LogP contribution in [-0.4, -0.2) is 34.8 Å². The summed E-state index contributed by atoms with van der Waals surface area (Å²) in [6.45, 7) is 6.26. The Morgan fingerprint density at radius 3 is 2.52 bits per heavy atom. The standard InChI is InChI=1S/C16H25ClN2O2/c1-11(2)13-14(20)19(10-12(3)9-17)16(15(21)18-13)7-5-4-6-8-16/h9,11,13H,4-8,10H2,1-3H3,(H,18,21). The van der Waals surface area contributed by atoms with Gasteiger partial charge in [0.15, 0.2) is 0 Å². The summed E-state index contributed by atoms with van der Waals surface area (Å²) in [5.74, 6) is 0.136. The quantitative estimate of drug-likeness (QED) is 0.871. The summed E-state index contributed by atoms with van der Waals surface area (Å²) in [5.41, 5.74) is 1.75. The molecule has 1 spiro atoms. The Kier molecular flexibility index (Phi) is 4.97. The second kappa shape index (κ2) is 6.39. The van der Waals surface area contributed by atoms with Crippen LogP contribution >= 0.6 is 11.6 Å². The molecule has 1 heterocycles. The number of halogens is 1. The van der Waals surface area contributed by atoms with E-state index in [9.17, 15) is 9.59 Å². The van der Waals surface area contributed by atoms with E-state index in [-0.39, 0.29) is 17.7 Å². The third kappa shape index (κ3) is 2.96. The molecular weight excluding hydrogens is 288 g/mol. The normalized spacial score (nSPS) is 26.4. The summed E-state index contributed by atoms with van der Waals surface area (Å²) in [4.78, 5) is 27.4. The molecule has 0 aromatic rings. The van der Waals surface area contributed by atoms with Crippen molar-refractivity contribution < 1.29 is 9.59 Å². The predicted octanol–water partition coefficient (Wildman–Crippen LogP) is 2.81. The van der Waals surface area contributed by atoms with Gasteiger partial charge in [-0.3, -0.25) is 9.59 Å². The molecule has 5 heteroatoms. The maximum absolute atomic E-state index is 12.9. The Labute approximate surface area is 131 Å². The first-order chi connectivity index (χ1) is 9.92. The maximum Gasteiger partial charge on any atom is 0.246 e. The highest BCUT2D eigenvalue weighted by molar-refractivity contribution is 6.25. The van der Waals surface area contributed by atoms with Crippen molar-refractivity contribution in [1.29, 1.82) is 0 Å².